The predicted molar refractivity (Wildman–Crippen MR) is 49.5 cm³/mol. The Kier molecular flexibility index (Phi) is 2.79. The molecule has 0 amide bonds. The number of aliphatic hydroxyl groups is 1. The summed E-state index contributed by atoms with van der Waals surface area (Å²) in [6, 6.07) is 0.183. The number of aryl methyl sites for hydroxylation is 1. The maximum Gasteiger partial charge on any atom is 0.230 e. The van der Waals surface area contributed by atoms with E-state index < -0.39 is 0 Å². The summed E-state index contributed by atoms with van der Waals surface area (Å²) in [5.41, 5.74) is 0. The van der Waals surface area contributed by atoms with Crippen LogP contribution in [0.4, 0.5) is 0 Å². The molecule has 78 valence electrons. The number of aromatic nitrogens is 2. The molecule has 1 aromatic rings. The standard InChI is InChI=1S/C9H15N3O2/c1-6-11-12-9(14-6)5-10-7-3-2-4-8(7)13/h7-8,10,13H,2-5H2,1H3. The van der Waals surface area contributed by atoms with Crippen molar-refractivity contribution in [1.82, 2.24) is 15.5 Å². The molecule has 0 bridgehead atoms. The second-order valence-electron chi connectivity index (χ2n) is 3.70. The lowest BCUT2D eigenvalue weighted by Gasteiger charge is -2.14. The normalized spacial score (nSPS) is 27.0. The molecule has 1 saturated carbocycles. The molecule has 1 aliphatic rings. The lowest BCUT2D eigenvalue weighted by Crippen LogP contribution is -2.35. The molecule has 2 atom stereocenters. The fourth-order valence-corrected chi connectivity index (χ4v) is 1.81. The van der Waals surface area contributed by atoms with E-state index in [1.165, 1.54) is 0 Å². The Hall–Kier alpha value is -0.940. The van der Waals surface area contributed by atoms with Crippen LogP contribution in [0.25, 0.3) is 0 Å². The molecule has 14 heavy (non-hydrogen) atoms. The number of aliphatic hydroxyl groups excluding tert-OH is 1. The van der Waals surface area contributed by atoms with E-state index in [-0.39, 0.29) is 12.1 Å². The van der Waals surface area contributed by atoms with Crippen LogP contribution in [0, 0.1) is 6.92 Å². The van der Waals surface area contributed by atoms with Gasteiger partial charge in [-0.15, -0.1) is 10.2 Å². The van der Waals surface area contributed by atoms with Gasteiger partial charge in [0.15, 0.2) is 0 Å². The average Bonchev–Trinajstić information content (AvgIpc) is 2.72. The third-order valence-electron chi connectivity index (χ3n) is 2.56. The van der Waals surface area contributed by atoms with Crippen molar-refractivity contribution in [2.75, 3.05) is 0 Å². The van der Waals surface area contributed by atoms with Crippen LogP contribution in [0.15, 0.2) is 4.42 Å². The van der Waals surface area contributed by atoms with Crippen molar-refractivity contribution < 1.29 is 9.52 Å². The molecule has 0 aromatic carbocycles. The summed E-state index contributed by atoms with van der Waals surface area (Å²) < 4.78 is 5.21. The maximum absolute atomic E-state index is 9.54. The minimum atomic E-state index is -0.223. The molecule has 2 N–H and O–H groups in total. The van der Waals surface area contributed by atoms with Gasteiger partial charge in [0.1, 0.15) is 0 Å². The molecule has 5 heteroatoms. The summed E-state index contributed by atoms with van der Waals surface area (Å²) in [6.07, 6.45) is 2.77. The van der Waals surface area contributed by atoms with Gasteiger partial charge in [0.25, 0.3) is 0 Å². The Bertz CT molecular complexity index is 300. The van der Waals surface area contributed by atoms with Crippen LogP contribution in [0.1, 0.15) is 31.0 Å². The first-order valence-electron chi connectivity index (χ1n) is 4.96. The lowest BCUT2D eigenvalue weighted by atomic mass is 10.2. The first-order chi connectivity index (χ1) is 6.75. The molecular formula is C9H15N3O2. The minimum Gasteiger partial charge on any atom is -0.424 e. The average molecular weight is 197 g/mol. The molecule has 1 aliphatic carbocycles. The highest BCUT2D eigenvalue weighted by atomic mass is 16.4. The Morgan fingerprint density at radius 2 is 2.36 bits per heavy atom. The molecule has 1 fully saturated rings. The number of rotatable bonds is 3. The summed E-state index contributed by atoms with van der Waals surface area (Å²) in [4.78, 5) is 0. The molecular weight excluding hydrogens is 182 g/mol. The summed E-state index contributed by atoms with van der Waals surface area (Å²) in [6.45, 7) is 2.31. The van der Waals surface area contributed by atoms with E-state index in [9.17, 15) is 5.11 Å². The molecule has 0 spiro atoms. The number of hydrogen-bond donors (Lipinski definition) is 2. The lowest BCUT2D eigenvalue weighted by molar-refractivity contribution is 0.147. The van der Waals surface area contributed by atoms with Gasteiger partial charge in [-0.3, -0.25) is 0 Å². The predicted octanol–water partition coefficient (Wildman–Crippen LogP) is 0.381. The summed E-state index contributed by atoms with van der Waals surface area (Å²) in [5, 5.41) is 20.4. The van der Waals surface area contributed by atoms with Crippen LogP contribution in [-0.4, -0.2) is 27.4 Å². The topological polar surface area (TPSA) is 71.2 Å². The molecule has 0 radical (unpaired) electrons. The van der Waals surface area contributed by atoms with Gasteiger partial charge in [0, 0.05) is 13.0 Å². The van der Waals surface area contributed by atoms with Gasteiger partial charge in [0.2, 0.25) is 11.8 Å². The summed E-state index contributed by atoms with van der Waals surface area (Å²) >= 11 is 0. The zero-order chi connectivity index (χ0) is 9.97. The molecule has 0 saturated heterocycles. The van der Waals surface area contributed by atoms with E-state index in [1.807, 2.05) is 0 Å². The molecule has 2 rings (SSSR count). The monoisotopic (exact) mass is 197 g/mol. The Labute approximate surface area is 82.5 Å². The first kappa shape index (κ1) is 9.61. The van der Waals surface area contributed by atoms with Crippen molar-refractivity contribution >= 4 is 0 Å². The second-order valence-corrected chi connectivity index (χ2v) is 3.70. The van der Waals surface area contributed by atoms with E-state index >= 15 is 0 Å². The molecule has 1 heterocycles. The Morgan fingerprint density at radius 3 is 2.93 bits per heavy atom. The van der Waals surface area contributed by atoms with Crippen LogP contribution in [0.3, 0.4) is 0 Å². The number of nitrogens with zero attached hydrogens (tertiary/aromatic N) is 2. The van der Waals surface area contributed by atoms with E-state index in [4.69, 9.17) is 4.42 Å². The van der Waals surface area contributed by atoms with Gasteiger partial charge in [-0.05, 0) is 19.3 Å². The van der Waals surface area contributed by atoms with Gasteiger partial charge in [0.05, 0.1) is 12.6 Å². The van der Waals surface area contributed by atoms with Gasteiger partial charge in [-0.2, -0.15) is 0 Å². The summed E-state index contributed by atoms with van der Waals surface area (Å²) in [7, 11) is 0. The van der Waals surface area contributed by atoms with Crippen molar-refractivity contribution in [2.24, 2.45) is 0 Å². The highest BCUT2D eigenvalue weighted by Crippen LogP contribution is 2.18. The fourth-order valence-electron chi connectivity index (χ4n) is 1.81. The molecule has 2 unspecified atom stereocenters. The van der Waals surface area contributed by atoms with E-state index in [1.54, 1.807) is 6.92 Å². The zero-order valence-corrected chi connectivity index (χ0v) is 8.23. The number of nitrogens with one attached hydrogen (secondary N) is 1. The number of hydrogen-bond acceptors (Lipinski definition) is 5. The van der Waals surface area contributed by atoms with Crippen LogP contribution in [0.5, 0.6) is 0 Å². The largest absolute Gasteiger partial charge is 0.424 e. The van der Waals surface area contributed by atoms with Crippen LogP contribution in [0.2, 0.25) is 0 Å². The third-order valence-corrected chi connectivity index (χ3v) is 2.56. The van der Waals surface area contributed by atoms with Gasteiger partial charge < -0.3 is 14.8 Å². The minimum absolute atomic E-state index is 0.183. The highest BCUT2D eigenvalue weighted by Gasteiger charge is 2.24. The smallest absolute Gasteiger partial charge is 0.230 e. The van der Waals surface area contributed by atoms with Crippen LogP contribution >= 0.6 is 0 Å². The van der Waals surface area contributed by atoms with E-state index in [0.29, 0.717) is 18.3 Å². The van der Waals surface area contributed by atoms with Crippen molar-refractivity contribution in [2.45, 2.75) is 44.9 Å². The SMILES string of the molecule is Cc1nnc(CNC2CCCC2O)o1. The van der Waals surface area contributed by atoms with Crippen molar-refractivity contribution in [3.8, 4) is 0 Å². The van der Waals surface area contributed by atoms with E-state index in [2.05, 4.69) is 15.5 Å². The maximum atomic E-state index is 9.54. The van der Waals surface area contributed by atoms with Gasteiger partial charge >= 0.3 is 0 Å². The fraction of sp³-hybridized carbons (Fsp3) is 0.778. The third kappa shape index (κ3) is 2.10. The first-order valence-corrected chi connectivity index (χ1v) is 4.96. The Balaban J connectivity index is 1.82. The van der Waals surface area contributed by atoms with Crippen molar-refractivity contribution in [3.05, 3.63) is 11.8 Å². The zero-order valence-electron chi connectivity index (χ0n) is 8.23. The van der Waals surface area contributed by atoms with Crippen LogP contribution in [-0.2, 0) is 6.54 Å². The van der Waals surface area contributed by atoms with E-state index in [0.717, 1.165) is 19.3 Å². The second kappa shape index (κ2) is 4.06. The summed E-state index contributed by atoms with van der Waals surface area (Å²) in [5.74, 6) is 1.16. The van der Waals surface area contributed by atoms with Gasteiger partial charge in [-0.1, -0.05) is 0 Å². The van der Waals surface area contributed by atoms with Crippen molar-refractivity contribution in [3.63, 3.8) is 0 Å². The van der Waals surface area contributed by atoms with Crippen molar-refractivity contribution in [1.29, 1.82) is 0 Å². The quantitative estimate of drug-likeness (QED) is 0.733. The molecule has 5 nitrogen and oxygen atoms in total. The Morgan fingerprint density at radius 1 is 1.50 bits per heavy atom. The molecule has 1 aromatic heterocycles. The molecule has 0 aliphatic heterocycles. The van der Waals surface area contributed by atoms with Crippen LogP contribution < -0.4 is 5.32 Å². The highest BCUT2D eigenvalue weighted by molar-refractivity contribution is 4.85. The van der Waals surface area contributed by atoms with Gasteiger partial charge in [-0.25, -0.2) is 0 Å².